The number of aryl methyl sites for hydroxylation is 2. The monoisotopic (exact) mass is 346 g/mol. The van der Waals surface area contributed by atoms with Gasteiger partial charge < -0.3 is 4.57 Å². The van der Waals surface area contributed by atoms with Crippen LogP contribution in [0, 0.1) is 13.8 Å². The van der Waals surface area contributed by atoms with E-state index in [1.165, 1.54) is 12.8 Å². The SMILES string of the molecule is Cc1ccc(C)n1-c1cccc(-c2cc(N=NN3CCCC3)ccn2)n1. The highest BCUT2D eigenvalue weighted by Crippen LogP contribution is 2.23. The Labute approximate surface area is 153 Å². The molecule has 0 amide bonds. The third kappa shape index (κ3) is 3.35. The Kier molecular flexibility index (Phi) is 4.48. The molecule has 0 spiro atoms. The van der Waals surface area contributed by atoms with E-state index in [2.05, 4.69) is 45.9 Å². The Hall–Kier alpha value is -3.02. The van der Waals surface area contributed by atoms with Crippen molar-refractivity contribution >= 4 is 5.69 Å². The summed E-state index contributed by atoms with van der Waals surface area (Å²) >= 11 is 0. The van der Waals surface area contributed by atoms with Crippen LogP contribution >= 0.6 is 0 Å². The molecule has 0 aromatic carbocycles. The Morgan fingerprint density at radius 1 is 0.923 bits per heavy atom. The number of pyridine rings is 2. The van der Waals surface area contributed by atoms with E-state index in [4.69, 9.17) is 4.98 Å². The standard InChI is InChI=1S/C20H22N6/c1-15-8-9-16(2)26(15)20-7-5-6-18(22-20)19-14-17(10-11-21-19)23-24-25-12-3-4-13-25/h5-11,14H,3-4,12-13H2,1-2H3. The predicted molar refractivity (Wildman–Crippen MR) is 102 cm³/mol. The van der Waals surface area contributed by atoms with Gasteiger partial charge in [-0.15, -0.1) is 5.11 Å². The predicted octanol–water partition coefficient (Wildman–Crippen LogP) is 4.65. The van der Waals surface area contributed by atoms with E-state index in [0.717, 1.165) is 47.4 Å². The van der Waals surface area contributed by atoms with Crippen molar-refractivity contribution < 1.29 is 0 Å². The molecular formula is C20H22N6. The van der Waals surface area contributed by atoms with E-state index in [0.29, 0.717) is 0 Å². The molecule has 0 unspecified atom stereocenters. The van der Waals surface area contributed by atoms with Crippen molar-refractivity contribution in [2.45, 2.75) is 26.7 Å². The van der Waals surface area contributed by atoms with Gasteiger partial charge in [0.2, 0.25) is 0 Å². The number of nitrogens with zero attached hydrogens (tertiary/aromatic N) is 6. The van der Waals surface area contributed by atoms with Gasteiger partial charge in [-0.25, -0.2) is 4.98 Å². The van der Waals surface area contributed by atoms with Crippen LogP contribution < -0.4 is 0 Å². The summed E-state index contributed by atoms with van der Waals surface area (Å²) in [5.41, 5.74) is 4.74. The van der Waals surface area contributed by atoms with E-state index in [1.54, 1.807) is 6.20 Å². The zero-order chi connectivity index (χ0) is 17.9. The number of aromatic nitrogens is 3. The lowest BCUT2D eigenvalue weighted by Gasteiger charge is -2.10. The lowest BCUT2D eigenvalue weighted by Crippen LogP contribution is -2.09. The van der Waals surface area contributed by atoms with Gasteiger partial charge in [-0.2, -0.15) is 0 Å². The second-order valence-corrected chi connectivity index (χ2v) is 6.58. The summed E-state index contributed by atoms with van der Waals surface area (Å²) in [5, 5.41) is 10.7. The summed E-state index contributed by atoms with van der Waals surface area (Å²) in [6.07, 6.45) is 4.14. The third-order valence-corrected chi connectivity index (χ3v) is 4.61. The second kappa shape index (κ2) is 7.07. The van der Waals surface area contributed by atoms with Crippen molar-refractivity contribution in [1.29, 1.82) is 0 Å². The lowest BCUT2D eigenvalue weighted by molar-refractivity contribution is 0.336. The van der Waals surface area contributed by atoms with Crippen LogP contribution in [0.4, 0.5) is 5.69 Å². The van der Waals surface area contributed by atoms with Crippen LogP contribution in [0.15, 0.2) is 59.0 Å². The highest BCUT2D eigenvalue weighted by Gasteiger charge is 2.10. The van der Waals surface area contributed by atoms with Crippen molar-refractivity contribution in [2.75, 3.05) is 13.1 Å². The molecule has 3 aromatic rings. The van der Waals surface area contributed by atoms with Crippen LogP contribution in [0.25, 0.3) is 17.2 Å². The maximum atomic E-state index is 4.80. The van der Waals surface area contributed by atoms with Gasteiger partial charge in [-0.1, -0.05) is 11.3 Å². The van der Waals surface area contributed by atoms with Crippen molar-refractivity contribution in [3.05, 3.63) is 60.0 Å². The highest BCUT2D eigenvalue weighted by atomic mass is 15.5. The number of hydrogen-bond acceptors (Lipinski definition) is 4. The first-order valence-electron chi connectivity index (χ1n) is 8.96. The number of hydrogen-bond donors (Lipinski definition) is 0. The molecule has 0 saturated carbocycles. The Bertz CT molecular complexity index is 917. The van der Waals surface area contributed by atoms with Gasteiger partial charge in [0.15, 0.2) is 0 Å². The summed E-state index contributed by atoms with van der Waals surface area (Å²) in [5.74, 6) is 0.897. The van der Waals surface area contributed by atoms with Gasteiger partial charge in [0.1, 0.15) is 5.82 Å². The topological polar surface area (TPSA) is 58.7 Å². The van der Waals surface area contributed by atoms with Crippen LogP contribution in [0.1, 0.15) is 24.2 Å². The molecule has 4 rings (SSSR count). The minimum absolute atomic E-state index is 0.794. The second-order valence-electron chi connectivity index (χ2n) is 6.58. The van der Waals surface area contributed by atoms with Crippen LogP contribution in [-0.2, 0) is 0 Å². The average Bonchev–Trinajstić information content (AvgIpc) is 3.30. The van der Waals surface area contributed by atoms with Crippen LogP contribution in [-0.4, -0.2) is 32.6 Å². The minimum atomic E-state index is 0.794. The van der Waals surface area contributed by atoms with Gasteiger partial charge in [0.25, 0.3) is 0 Å². The van der Waals surface area contributed by atoms with Crippen molar-refractivity contribution in [2.24, 2.45) is 10.3 Å². The zero-order valence-electron chi connectivity index (χ0n) is 15.1. The first-order chi connectivity index (χ1) is 12.7. The molecule has 3 aromatic heterocycles. The first kappa shape index (κ1) is 16.4. The van der Waals surface area contributed by atoms with Gasteiger partial charge in [-0.05, 0) is 63.1 Å². The smallest absolute Gasteiger partial charge is 0.137 e. The maximum absolute atomic E-state index is 4.80. The normalized spacial score (nSPS) is 14.5. The van der Waals surface area contributed by atoms with E-state index >= 15 is 0 Å². The minimum Gasteiger partial charge on any atom is -0.303 e. The van der Waals surface area contributed by atoms with Crippen LogP contribution in [0.5, 0.6) is 0 Å². The molecule has 1 fully saturated rings. The summed E-state index contributed by atoms with van der Waals surface area (Å²) in [6.45, 7) is 6.14. The molecule has 0 aliphatic carbocycles. The molecule has 1 aliphatic heterocycles. The zero-order valence-corrected chi connectivity index (χ0v) is 15.1. The summed E-state index contributed by atoms with van der Waals surface area (Å²) < 4.78 is 2.14. The fraction of sp³-hybridized carbons (Fsp3) is 0.300. The van der Waals surface area contributed by atoms with E-state index in [9.17, 15) is 0 Å². The first-order valence-corrected chi connectivity index (χ1v) is 8.96. The summed E-state index contributed by atoms with van der Waals surface area (Å²) in [7, 11) is 0. The maximum Gasteiger partial charge on any atom is 0.137 e. The van der Waals surface area contributed by atoms with Crippen LogP contribution in [0.3, 0.4) is 0 Å². The molecule has 132 valence electrons. The van der Waals surface area contributed by atoms with Gasteiger partial charge >= 0.3 is 0 Å². The molecule has 0 bridgehead atoms. The molecule has 26 heavy (non-hydrogen) atoms. The molecule has 4 heterocycles. The fourth-order valence-electron chi connectivity index (χ4n) is 3.25. The molecule has 0 atom stereocenters. The number of rotatable bonds is 4. The molecule has 1 aliphatic rings. The Morgan fingerprint density at radius 2 is 1.69 bits per heavy atom. The van der Waals surface area contributed by atoms with Gasteiger partial charge in [0, 0.05) is 30.7 Å². The molecule has 6 heteroatoms. The molecule has 1 saturated heterocycles. The van der Waals surface area contributed by atoms with E-state index in [-0.39, 0.29) is 0 Å². The summed E-state index contributed by atoms with van der Waals surface area (Å²) in [6, 6.07) is 14.0. The fourth-order valence-corrected chi connectivity index (χ4v) is 3.25. The van der Waals surface area contributed by atoms with Crippen molar-refractivity contribution in [3.8, 4) is 17.2 Å². The molecule has 0 radical (unpaired) electrons. The van der Waals surface area contributed by atoms with E-state index in [1.807, 2.05) is 35.3 Å². The molecule has 6 nitrogen and oxygen atoms in total. The van der Waals surface area contributed by atoms with E-state index < -0.39 is 0 Å². The van der Waals surface area contributed by atoms with Crippen LogP contribution in [0.2, 0.25) is 0 Å². The molecule has 0 N–H and O–H groups in total. The molecular weight excluding hydrogens is 324 g/mol. The highest BCUT2D eigenvalue weighted by molar-refractivity contribution is 5.59. The largest absolute Gasteiger partial charge is 0.303 e. The van der Waals surface area contributed by atoms with Crippen molar-refractivity contribution in [1.82, 2.24) is 19.5 Å². The lowest BCUT2D eigenvalue weighted by atomic mass is 10.2. The van der Waals surface area contributed by atoms with Crippen molar-refractivity contribution in [3.63, 3.8) is 0 Å². The van der Waals surface area contributed by atoms with Gasteiger partial charge in [-0.3, -0.25) is 9.99 Å². The third-order valence-electron chi connectivity index (χ3n) is 4.61. The van der Waals surface area contributed by atoms with Gasteiger partial charge in [0.05, 0.1) is 17.1 Å². The average molecular weight is 346 g/mol. The Morgan fingerprint density at radius 3 is 2.46 bits per heavy atom. The quantitative estimate of drug-likeness (QED) is 0.646. The summed E-state index contributed by atoms with van der Waals surface area (Å²) in [4.78, 5) is 9.27. The Balaban J connectivity index is 1.63.